The zero-order valence-electron chi connectivity index (χ0n) is 13.3. The summed E-state index contributed by atoms with van der Waals surface area (Å²) >= 11 is 6.27. The fourth-order valence-corrected chi connectivity index (χ4v) is 4.01. The molecule has 0 saturated carbocycles. The van der Waals surface area contributed by atoms with Crippen LogP contribution in [0.1, 0.15) is 12.1 Å². The quantitative estimate of drug-likeness (QED) is 0.748. The van der Waals surface area contributed by atoms with Gasteiger partial charge in [0.2, 0.25) is 0 Å². The van der Waals surface area contributed by atoms with Gasteiger partial charge in [0.05, 0.1) is 40.1 Å². The molecule has 7 nitrogen and oxygen atoms in total. The van der Waals surface area contributed by atoms with Crippen molar-refractivity contribution in [1.82, 2.24) is 25.1 Å². The van der Waals surface area contributed by atoms with Crippen molar-refractivity contribution in [1.29, 1.82) is 0 Å². The second kappa shape index (κ2) is 5.66. The van der Waals surface area contributed by atoms with Crippen molar-refractivity contribution < 1.29 is 9.84 Å². The van der Waals surface area contributed by atoms with E-state index < -0.39 is 0 Å². The van der Waals surface area contributed by atoms with Gasteiger partial charge < -0.3 is 14.8 Å². The number of nitrogens with zero attached hydrogens (tertiary/aromatic N) is 4. The van der Waals surface area contributed by atoms with E-state index in [4.69, 9.17) is 16.3 Å². The molecule has 25 heavy (non-hydrogen) atoms. The van der Waals surface area contributed by atoms with Crippen molar-refractivity contribution in [2.24, 2.45) is 0 Å². The highest BCUT2D eigenvalue weighted by molar-refractivity contribution is 6.36. The van der Waals surface area contributed by atoms with Crippen molar-refractivity contribution in [2.45, 2.75) is 25.1 Å². The van der Waals surface area contributed by atoms with E-state index in [0.29, 0.717) is 39.5 Å². The number of nitrogens with one attached hydrogen (secondary N) is 1. The Balaban J connectivity index is 1.45. The van der Waals surface area contributed by atoms with Crippen molar-refractivity contribution in [3.05, 3.63) is 35.1 Å². The Morgan fingerprint density at radius 1 is 1.32 bits per heavy atom. The Morgan fingerprint density at radius 3 is 2.96 bits per heavy atom. The number of likely N-dealkylation sites (tertiary alicyclic amines) is 1. The smallest absolute Gasteiger partial charge is 0.200 e. The first-order chi connectivity index (χ1) is 12.2. The lowest BCUT2D eigenvalue weighted by atomic mass is 10.1. The zero-order valence-corrected chi connectivity index (χ0v) is 14.1. The molecule has 0 amide bonds. The summed E-state index contributed by atoms with van der Waals surface area (Å²) in [5.74, 6) is -0.00773. The summed E-state index contributed by atoms with van der Waals surface area (Å²) in [5.41, 5.74) is 2.52. The fourth-order valence-electron chi connectivity index (χ4n) is 3.77. The number of rotatable bonds is 3. The molecular formula is C17H16ClN5O2. The van der Waals surface area contributed by atoms with Crippen LogP contribution in [0.15, 0.2) is 24.4 Å². The normalized spacial score (nSPS) is 22.9. The van der Waals surface area contributed by atoms with E-state index in [9.17, 15) is 5.11 Å². The molecule has 128 valence electrons. The van der Waals surface area contributed by atoms with Crippen LogP contribution in [0.2, 0.25) is 5.02 Å². The molecule has 2 saturated heterocycles. The predicted molar refractivity (Wildman–Crippen MR) is 92.3 cm³/mol. The number of hydrogen-bond donors (Lipinski definition) is 2. The van der Waals surface area contributed by atoms with Crippen LogP contribution in [0.3, 0.4) is 0 Å². The van der Waals surface area contributed by atoms with Crippen LogP contribution < -0.4 is 0 Å². The molecular weight excluding hydrogens is 342 g/mol. The Bertz CT molecular complexity index is 942. The number of aromatic hydroxyl groups is 1. The molecule has 2 aliphatic rings. The SMILES string of the molecule is Oc1[nH]c2nccc(Cl)c2c1-c1ccc(CN2CC3CC2CO3)nn1. The number of aromatic amines is 1. The van der Waals surface area contributed by atoms with Crippen molar-refractivity contribution in [2.75, 3.05) is 13.2 Å². The lowest BCUT2D eigenvalue weighted by Gasteiger charge is -2.25. The number of pyridine rings is 1. The Morgan fingerprint density at radius 2 is 2.24 bits per heavy atom. The summed E-state index contributed by atoms with van der Waals surface area (Å²) in [7, 11) is 0. The minimum Gasteiger partial charge on any atom is -0.494 e. The lowest BCUT2D eigenvalue weighted by Crippen LogP contribution is -2.36. The summed E-state index contributed by atoms with van der Waals surface area (Å²) < 4.78 is 5.63. The first-order valence-electron chi connectivity index (χ1n) is 8.23. The van der Waals surface area contributed by atoms with E-state index in [1.807, 2.05) is 12.1 Å². The molecule has 2 unspecified atom stereocenters. The van der Waals surface area contributed by atoms with E-state index >= 15 is 0 Å². The summed E-state index contributed by atoms with van der Waals surface area (Å²) in [6.45, 7) is 2.53. The van der Waals surface area contributed by atoms with Crippen LogP contribution in [0.4, 0.5) is 0 Å². The zero-order chi connectivity index (χ0) is 17.0. The average molecular weight is 358 g/mol. The molecule has 5 rings (SSSR count). The van der Waals surface area contributed by atoms with E-state index in [0.717, 1.165) is 31.8 Å². The number of ether oxygens (including phenoxy) is 1. The molecule has 5 heterocycles. The maximum Gasteiger partial charge on any atom is 0.200 e. The van der Waals surface area contributed by atoms with E-state index in [2.05, 4.69) is 25.1 Å². The minimum absolute atomic E-state index is 0.00773. The molecule has 3 aromatic rings. The molecule has 0 radical (unpaired) electrons. The van der Waals surface area contributed by atoms with Crippen molar-refractivity contribution in [3.63, 3.8) is 0 Å². The third kappa shape index (κ3) is 2.47. The van der Waals surface area contributed by atoms with Gasteiger partial charge >= 0.3 is 0 Å². The molecule has 2 N–H and O–H groups in total. The van der Waals surface area contributed by atoms with Crippen molar-refractivity contribution >= 4 is 22.6 Å². The molecule has 0 aromatic carbocycles. The second-order valence-corrected chi connectivity index (χ2v) is 6.96. The van der Waals surface area contributed by atoms with E-state index in [1.165, 1.54) is 0 Å². The highest BCUT2D eigenvalue weighted by Gasteiger charge is 2.38. The number of aromatic nitrogens is 4. The van der Waals surface area contributed by atoms with Crippen LogP contribution in [0, 0.1) is 0 Å². The molecule has 2 fully saturated rings. The predicted octanol–water partition coefficient (Wildman–Crippen LogP) is 2.35. The van der Waals surface area contributed by atoms with Gasteiger partial charge in [-0.3, -0.25) is 4.90 Å². The second-order valence-electron chi connectivity index (χ2n) is 6.55. The maximum atomic E-state index is 10.2. The van der Waals surface area contributed by atoms with Crippen LogP contribution in [-0.4, -0.2) is 55.5 Å². The van der Waals surface area contributed by atoms with Gasteiger partial charge in [-0.15, -0.1) is 5.10 Å². The highest BCUT2D eigenvalue weighted by atomic mass is 35.5. The van der Waals surface area contributed by atoms with Crippen LogP contribution >= 0.6 is 11.6 Å². The van der Waals surface area contributed by atoms with Gasteiger partial charge in [0, 0.05) is 25.3 Å². The van der Waals surface area contributed by atoms with Crippen LogP contribution in [0.25, 0.3) is 22.3 Å². The molecule has 0 spiro atoms. The third-order valence-corrected chi connectivity index (χ3v) is 5.29. The topological polar surface area (TPSA) is 87.2 Å². The third-order valence-electron chi connectivity index (χ3n) is 4.98. The Hall–Kier alpha value is -2.22. The molecule has 2 atom stereocenters. The molecule has 3 aromatic heterocycles. The van der Waals surface area contributed by atoms with Gasteiger partial charge in [0.15, 0.2) is 5.88 Å². The fraction of sp³-hybridized carbons (Fsp3) is 0.353. The molecule has 8 heteroatoms. The van der Waals surface area contributed by atoms with E-state index in [1.54, 1.807) is 12.3 Å². The van der Waals surface area contributed by atoms with Crippen LogP contribution in [0.5, 0.6) is 5.88 Å². The van der Waals surface area contributed by atoms with Gasteiger partial charge in [0.25, 0.3) is 0 Å². The van der Waals surface area contributed by atoms with Crippen molar-refractivity contribution in [3.8, 4) is 17.1 Å². The largest absolute Gasteiger partial charge is 0.494 e. The lowest BCUT2D eigenvalue weighted by molar-refractivity contribution is 0.0267. The molecule has 2 bridgehead atoms. The van der Waals surface area contributed by atoms with Gasteiger partial charge in [-0.2, -0.15) is 5.10 Å². The number of halogens is 1. The summed E-state index contributed by atoms with van der Waals surface area (Å²) in [5, 5.41) is 20.0. The van der Waals surface area contributed by atoms with Gasteiger partial charge in [0.1, 0.15) is 5.65 Å². The Labute approximate surface area is 148 Å². The summed E-state index contributed by atoms with van der Waals surface area (Å²) in [6.07, 6.45) is 3.07. The summed E-state index contributed by atoms with van der Waals surface area (Å²) in [4.78, 5) is 9.41. The van der Waals surface area contributed by atoms with Crippen LogP contribution in [-0.2, 0) is 11.3 Å². The number of morpholine rings is 1. The first kappa shape index (κ1) is 15.1. The van der Waals surface area contributed by atoms with Gasteiger partial charge in [-0.25, -0.2) is 4.98 Å². The highest BCUT2D eigenvalue weighted by Crippen LogP contribution is 2.38. The van der Waals surface area contributed by atoms with Gasteiger partial charge in [-0.05, 0) is 24.6 Å². The standard InChI is InChI=1S/C17H16ClN5O2/c18-12-3-4-19-16-14(12)15(17(24)20-16)13-2-1-9(21-22-13)6-23-7-11-5-10(23)8-25-11/h1-4,10-11,24H,5-8H2,(H,19,20). The Kier molecular flexibility index (Phi) is 3.41. The first-order valence-corrected chi connectivity index (χ1v) is 8.60. The number of hydrogen-bond acceptors (Lipinski definition) is 6. The maximum absolute atomic E-state index is 10.2. The molecule has 0 aliphatic carbocycles. The monoisotopic (exact) mass is 357 g/mol. The minimum atomic E-state index is -0.00773. The molecule has 2 aliphatic heterocycles. The van der Waals surface area contributed by atoms with E-state index in [-0.39, 0.29) is 5.88 Å². The summed E-state index contributed by atoms with van der Waals surface area (Å²) in [6, 6.07) is 5.98. The average Bonchev–Trinajstić information content (AvgIpc) is 3.30. The number of fused-ring (bicyclic) bond motifs is 3. The number of H-pyrrole nitrogens is 1. The van der Waals surface area contributed by atoms with Gasteiger partial charge in [-0.1, -0.05) is 11.6 Å².